The molecule has 1 amide bonds. The number of anilines is 1. The number of nitro groups is 1. The SMILES string of the molecule is Cc1cc([N+](=O)[O-])ccc1-c1ccc(C2NC(=O)c3cc(C(C)C)sc3N2)o1. The molecular formula is C20H19N3O4S. The van der Waals surface area contributed by atoms with Crippen LogP contribution in [0.25, 0.3) is 11.3 Å². The van der Waals surface area contributed by atoms with Gasteiger partial charge < -0.3 is 15.1 Å². The number of thiophene rings is 1. The predicted octanol–water partition coefficient (Wildman–Crippen LogP) is 5.20. The first-order valence-corrected chi connectivity index (χ1v) is 9.71. The van der Waals surface area contributed by atoms with Gasteiger partial charge in [0.2, 0.25) is 0 Å². The fraction of sp³-hybridized carbons (Fsp3) is 0.250. The highest BCUT2D eigenvalue weighted by Crippen LogP contribution is 2.38. The summed E-state index contributed by atoms with van der Waals surface area (Å²) < 4.78 is 5.97. The third-order valence-electron chi connectivity index (χ3n) is 4.71. The standard InChI is InChI=1S/C20H19N3O4S/c1-10(2)17-9-14-19(24)21-18(22-20(14)28-17)16-7-6-15(27-16)13-5-4-12(23(25)26)8-11(13)3/h4-10,18,22H,1-3H3,(H,21,24). The van der Waals surface area contributed by atoms with Gasteiger partial charge in [-0.1, -0.05) is 13.8 Å². The second-order valence-corrected chi connectivity index (χ2v) is 8.14. The average molecular weight is 397 g/mol. The Morgan fingerprint density at radius 1 is 1.14 bits per heavy atom. The number of rotatable bonds is 4. The molecule has 0 spiro atoms. The van der Waals surface area contributed by atoms with Crippen LogP contribution in [0.2, 0.25) is 0 Å². The molecule has 1 atom stereocenters. The second kappa shape index (κ2) is 6.79. The van der Waals surface area contributed by atoms with Crippen LogP contribution in [0.3, 0.4) is 0 Å². The number of carbonyl (C=O) groups excluding carboxylic acids is 1. The molecule has 0 radical (unpaired) electrons. The summed E-state index contributed by atoms with van der Waals surface area (Å²) in [5.41, 5.74) is 2.22. The van der Waals surface area contributed by atoms with Crippen molar-refractivity contribution in [1.82, 2.24) is 5.32 Å². The van der Waals surface area contributed by atoms with E-state index in [1.54, 1.807) is 36.5 Å². The molecule has 3 heterocycles. The molecule has 0 saturated heterocycles. The normalized spacial score (nSPS) is 15.9. The number of aryl methyl sites for hydroxylation is 1. The fourth-order valence-electron chi connectivity index (χ4n) is 3.18. The summed E-state index contributed by atoms with van der Waals surface area (Å²) in [6, 6.07) is 10.2. The summed E-state index contributed by atoms with van der Waals surface area (Å²) in [5.74, 6) is 1.39. The van der Waals surface area contributed by atoms with E-state index in [-0.39, 0.29) is 11.6 Å². The van der Waals surface area contributed by atoms with Gasteiger partial charge in [0.1, 0.15) is 16.5 Å². The Kier molecular flexibility index (Phi) is 4.43. The van der Waals surface area contributed by atoms with E-state index in [4.69, 9.17) is 4.42 Å². The highest BCUT2D eigenvalue weighted by atomic mass is 32.1. The van der Waals surface area contributed by atoms with E-state index in [0.29, 0.717) is 23.0 Å². The van der Waals surface area contributed by atoms with Crippen LogP contribution < -0.4 is 10.6 Å². The number of nitro benzene ring substituents is 1. The minimum Gasteiger partial charge on any atom is -0.457 e. The number of hydrogen-bond acceptors (Lipinski definition) is 6. The van der Waals surface area contributed by atoms with Crippen molar-refractivity contribution in [2.24, 2.45) is 0 Å². The van der Waals surface area contributed by atoms with E-state index in [2.05, 4.69) is 24.5 Å². The van der Waals surface area contributed by atoms with E-state index < -0.39 is 11.1 Å². The fourth-order valence-corrected chi connectivity index (χ4v) is 4.27. The number of carbonyl (C=O) groups is 1. The van der Waals surface area contributed by atoms with Crippen molar-refractivity contribution in [1.29, 1.82) is 0 Å². The van der Waals surface area contributed by atoms with Crippen LogP contribution in [0.5, 0.6) is 0 Å². The van der Waals surface area contributed by atoms with Crippen molar-refractivity contribution in [2.45, 2.75) is 32.9 Å². The Labute approximate surface area is 165 Å². The lowest BCUT2D eigenvalue weighted by Gasteiger charge is -2.23. The van der Waals surface area contributed by atoms with Crippen molar-refractivity contribution in [3.8, 4) is 11.3 Å². The molecule has 0 bridgehead atoms. The lowest BCUT2D eigenvalue weighted by Crippen LogP contribution is -2.37. The average Bonchev–Trinajstić information content (AvgIpc) is 3.28. The third kappa shape index (κ3) is 3.16. The van der Waals surface area contributed by atoms with E-state index in [0.717, 1.165) is 21.0 Å². The molecule has 3 aromatic rings. The minimum absolute atomic E-state index is 0.0421. The van der Waals surface area contributed by atoms with E-state index in [1.807, 2.05) is 6.07 Å². The first-order chi connectivity index (χ1) is 13.3. The maximum Gasteiger partial charge on any atom is 0.269 e. The van der Waals surface area contributed by atoms with E-state index >= 15 is 0 Å². The molecule has 144 valence electrons. The van der Waals surface area contributed by atoms with E-state index in [1.165, 1.54) is 12.1 Å². The Bertz CT molecular complexity index is 1080. The monoisotopic (exact) mass is 397 g/mol. The molecule has 2 N–H and O–H groups in total. The highest BCUT2D eigenvalue weighted by Gasteiger charge is 2.29. The van der Waals surface area contributed by atoms with Gasteiger partial charge in [-0.3, -0.25) is 14.9 Å². The Balaban J connectivity index is 1.61. The van der Waals surface area contributed by atoms with Crippen LogP contribution in [0.1, 0.15) is 52.5 Å². The zero-order valence-electron chi connectivity index (χ0n) is 15.6. The van der Waals surface area contributed by atoms with Gasteiger partial charge >= 0.3 is 0 Å². The maximum absolute atomic E-state index is 12.5. The van der Waals surface area contributed by atoms with Gasteiger partial charge in [-0.25, -0.2) is 0 Å². The quantitative estimate of drug-likeness (QED) is 0.466. The van der Waals surface area contributed by atoms with Gasteiger partial charge in [0, 0.05) is 22.6 Å². The number of benzene rings is 1. The highest BCUT2D eigenvalue weighted by molar-refractivity contribution is 7.16. The van der Waals surface area contributed by atoms with E-state index in [9.17, 15) is 14.9 Å². The molecule has 1 unspecified atom stereocenters. The van der Waals surface area contributed by atoms with Crippen molar-refractivity contribution in [3.05, 3.63) is 68.3 Å². The number of furan rings is 1. The van der Waals surface area contributed by atoms with Crippen LogP contribution in [0, 0.1) is 17.0 Å². The summed E-state index contributed by atoms with van der Waals surface area (Å²) in [6.45, 7) is 5.99. The number of non-ortho nitro benzene ring substituents is 1. The molecule has 4 rings (SSSR count). The molecule has 0 fully saturated rings. The molecule has 0 saturated carbocycles. The van der Waals surface area contributed by atoms with Gasteiger partial charge in [-0.2, -0.15) is 0 Å². The minimum atomic E-state index is -0.467. The summed E-state index contributed by atoms with van der Waals surface area (Å²) in [7, 11) is 0. The maximum atomic E-state index is 12.5. The van der Waals surface area contributed by atoms with Gasteiger partial charge in [-0.05, 0) is 42.7 Å². The number of hydrogen-bond donors (Lipinski definition) is 2. The lowest BCUT2D eigenvalue weighted by atomic mass is 10.1. The van der Waals surface area contributed by atoms with Crippen molar-refractivity contribution in [2.75, 3.05) is 5.32 Å². The lowest BCUT2D eigenvalue weighted by molar-refractivity contribution is -0.384. The Morgan fingerprint density at radius 2 is 1.93 bits per heavy atom. The van der Waals surface area contributed by atoms with Gasteiger partial charge in [0.05, 0.1) is 10.5 Å². The van der Waals surface area contributed by atoms with Crippen LogP contribution in [-0.4, -0.2) is 10.8 Å². The second-order valence-electron chi connectivity index (χ2n) is 7.06. The van der Waals surface area contributed by atoms with Crippen molar-refractivity contribution >= 4 is 27.9 Å². The molecule has 0 aliphatic carbocycles. The molecule has 2 aromatic heterocycles. The number of nitrogens with one attached hydrogen (secondary N) is 2. The molecule has 1 aliphatic rings. The topological polar surface area (TPSA) is 97.4 Å². The molecule has 8 heteroatoms. The van der Waals surface area contributed by atoms with Gasteiger partial charge in [0.15, 0.2) is 6.17 Å². The predicted molar refractivity (Wildman–Crippen MR) is 108 cm³/mol. The Hall–Kier alpha value is -3.13. The molecular weight excluding hydrogens is 378 g/mol. The zero-order chi connectivity index (χ0) is 20.0. The zero-order valence-corrected chi connectivity index (χ0v) is 16.4. The van der Waals surface area contributed by atoms with Crippen LogP contribution >= 0.6 is 11.3 Å². The molecule has 28 heavy (non-hydrogen) atoms. The summed E-state index contributed by atoms with van der Waals surface area (Å²) >= 11 is 1.58. The first kappa shape index (κ1) is 18.2. The Morgan fingerprint density at radius 3 is 2.61 bits per heavy atom. The van der Waals surface area contributed by atoms with Crippen LogP contribution in [0.4, 0.5) is 10.7 Å². The van der Waals surface area contributed by atoms with Gasteiger partial charge in [0.25, 0.3) is 11.6 Å². The number of nitrogens with zero attached hydrogens (tertiary/aromatic N) is 1. The summed E-state index contributed by atoms with van der Waals surface area (Å²) in [4.78, 5) is 24.1. The third-order valence-corrected chi connectivity index (χ3v) is 6.08. The molecule has 1 aliphatic heterocycles. The van der Waals surface area contributed by atoms with Crippen LogP contribution in [0.15, 0.2) is 40.8 Å². The van der Waals surface area contributed by atoms with Crippen LogP contribution in [-0.2, 0) is 0 Å². The number of amides is 1. The van der Waals surface area contributed by atoms with Crippen molar-refractivity contribution < 1.29 is 14.1 Å². The largest absolute Gasteiger partial charge is 0.457 e. The summed E-state index contributed by atoms with van der Waals surface area (Å²) in [6.07, 6.45) is -0.467. The molecule has 7 nitrogen and oxygen atoms in total. The first-order valence-electron chi connectivity index (χ1n) is 8.89. The van der Waals surface area contributed by atoms with Crippen molar-refractivity contribution in [3.63, 3.8) is 0 Å². The molecule has 1 aromatic carbocycles. The van der Waals surface area contributed by atoms with Gasteiger partial charge in [-0.15, -0.1) is 11.3 Å². The number of fused-ring (bicyclic) bond motifs is 1. The summed E-state index contributed by atoms with van der Waals surface area (Å²) in [5, 5.41) is 18.0. The smallest absolute Gasteiger partial charge is 0.269 e.